The fraction of sp³-hybridized carbons (Fsp3) is 0.917. The van der Waals surface area contributed by atoms with Gasteiger partial charge in [-0.2, -0.15) is 0 Å². The van der Waals surface area contributed by atoms with Crippen LogP contribution in [0, 0.1) is 5.92 Å². The number of nitrogens with zero attached hydrogens (tertiary/aromatic N) is 1. The van der Waals surface area contributed by atoms with Crippen LogP contribution in [0.5, 0.6) is 0 Å². The fourth-order valence-electron chi connectivity index (χ4n) is 1.55. The van der Waals surface area contributed by atoms with E-state index in [0.717, 1.165) is 19.5 Å². The molecular weight excluding hydrogens is 188 g/mol. The third-order valence-corrected chi connectivity index (χ3v) is 2.32. The van der Waals surface area contributed by atoms with Crippen molar-refractivity contribution in [2.24, 2.45) is 5.92 Å². The Hall–Kier alpha value is -0.570. The van der Waals surface area contributed by atoms with Crippen LogP contribution in [0.1, 0.15) is 40.5 Å². The van der Waals surface area contributed by atoms with Gasteiger partial charge in [0, 0.05) is 19.0 Å². The van der Waals surface area contributed by atoms with E-state index in [9.17, 15) is 4.79 Å². The Kier molecular flexibility index (Phi) is 7.39. The molecule has 0 aliphatic heterocycles. The van der Waals surface area contributed by atoms with Gasteiger partial charge in [-0.3, -0.25) is 4.79 Å². The van der Waals surface area contributed by atoms with Gasteiger partial charge in [0.2, 0.25) is 5.91 Å². The van der Waals surface area contributed by atoms with Crippen molar-refractivity contribution in [3.05, 3.63) is 0 Å². The van der Waals surface area contributed by atoms with Crippen molar-refractivity contribution in [1.29, 1.82) is 0 Å². The van der Waals surface area contributed by atoms with Crippen molar-refractivity contribution in [2.75, 3.05) is 20.1 Å². The van der Waals surface area contributed by atoms with Crippen LogP contribution in [-0.2, 0) is 4.79 Å². The average Bonchev–Trinajstić information content (AvgIpc) is 2.13. The van der Waals surface area contributed by atoms with Crippen molar-refractivity contribution in [3.8, 4) is 0 Å². The van der Waals surface area contributed by atoms with Crippen molar-refractivity contribution >= 4 is 5.91 Å². The molecule has 0 spiro atoms. The molecule has 1 amide bonds. The van der Waals surface area contributed by atoms with Crippen LogP contribution in [-0.4, -0.2) is 37.0 Å². The minimum absolute atomic E-state index is 0.286. The number of amides is 1. The largest absolute Gasteiger partial charge is 0.340 e. The van der Waals surface area contributed by atoms with Crippen molar-refractivity contribution in [3.63, 3.8) is 0 Å². The highest BCUT2D eigenvalue weighted by atomic mass is 16.2. The van der Waals surface area contributed by atoms with Gasteiger partial charge in [-0.05, 0) is 39.8 Å². The molecule has 0 aromatic carbocycles. The smallest absolute Gasteiger partial charge is 0.222 e. The predicted octanol–water partition coefficient (Wildman–Crippen LogP) is 1.88. The molecule has 90 valence electrons. The molecule has 3 heteroatoms. The molecule has 0 fully saturated rings. The fourth-order valence-corrected chi connectivity index (χ4v) is 1.55. The first kappa shape index (κ1) is 14.4. The Morgan fingerprint density at radius 2 is 1.87 bits per heavy atom. The molecule has 0 radical (unpaired) electrons. The quantitative estimate of drug-likeness (QED) is 0.656. The van der Waals surface area contributed by atoms with Crippen LogP contribution >= 0.6 is 0 Å². The molecule has 15 heavy (non-hydrogen) atoms. The minimum Gasteiger partial charge on any atom is -0.340 e. The Balaban J connectivity index is 4.05. The van der Waals surface area contributed by atoms with Crippen LogP contribution < -0.4 is 5.32 Å². The summed E-state index contributed by atoms with van der Waals surface area (Å²) in [6.45, 7) is 10.2. The van der Waals surface area contributed by atoms with E-state index in [1.165, 1.54) is 0 Å². The molecule has 0 bridgehead atoms. The summed E-state index contributed by atoms with van der Waals surface area (Å²) in [4.78, 5) is 13.9. The van der Waals surface area contributed by atoms with Gasteiger partial charge in [0.15, 0.2) is 0 Å². The maximum atomic E-state index is 11.9. The molecule has 0 saturated heterocycles. The molecule has 0 unspecified atom stereocenters. The van der Waals surface area contributed by atoms with Crippen LogP contribution in [0.25, 0.3) is 0 Å². The SMILES string of the molecule is CNCCCC(=O)N(CC(C)C)C(C)C. The third-order valence-electron chi connectivity index (χ3n) is 2.32. The summed E-state index contributed by atoms with van der Waals surface area (Å²) in [6.07, 6.45) is 1.59. The lowest BCUT2D eigenvalue weighted by Gasteiger charge is -2.28. The molecule has 0 heterocycles. The van der Waals surface area contributed by atoms with Crippen molar-refractivity contribution in [1.82, 2.24) is 10.2 Å². The average molecular weight is 214 g/mol. The molecule has 0 rings (SSSR count). The summed E-state index contributed by atoms with van der Waals surface area (Å²) >= 11 is 0. The summed E-state index contributed by atoms with van der Waals surface area (Å²) in [7, 11) is 1.92. The van der Waals surface area contributed by atoms with E-state index in [1.54, 1.807) is 0 Å². The molecule has 0 aliphatic rings. The van der Waals surface area contributed by atoms with E-state index in [2.05, 4.69) is 33.0 Å². The second kappa shape index (κ2) is 7.69. The van der Waals surface area contributed by atoms with Crippen molar-refractivity contribution in [2.45, 2.75) is 46.6 Å². The van der Waals surface area contributed by atoms with E-state index >= 15 is 0 Å². The second-order valence-electron chi connectivity index (χ2n) is 4.74. The van der Waals surface area contributed by atoms with E-state index in [4.69, 9.17) is 0 Å². The summed E-state index contributed by atoms with van der Waals surface area (Å²) in [5.74, 6) is 0.828. The lowest BCUT2D eigenvalue weighted by atomic mass is 10.1. The zero-order chi connectivity index (χ0) is 11.8. The highest BCUT2D eigenvalue weighted by Gasteiger charge is 2.16. The molecule has 0 aromatic rings. The van der Waals surface area contributed by atoms with Crippen LogP contribution in [0.2, 0.25) is 0 Å². The maximum Gasteiger partial charge on any atom is 0.222 e. The maximum absolute atomic E-state index is 11.9. The third kappa shape index (κ3) is 6.50. The van der Waals surface area contributed by atoms with Gasteiger partial charge in [0.05, 0.1) is 0 Å². The van der Waals surface area contributed by atoms with Gasteiger partial charge in [-0.15, -0.1) is 0 Å². The first-order valence-corrected chi connectivity index (χ1v) is 5.93. The van der Waals surface area contributed by atoms with Gasteiger partial charge in [0.25, 0.3) is 0 Å². The number of nitrogens with one attached hydrogen (secondary N) is 1. The Bertz CT molecular complexity index is 178. The first-order chi connectivity index (χ1) is 6.99. The normalized spacial score (nSPS) is 11.1. The predicted molar refractivity (Wildman–Crippen MR) is 64.8 cm³/mol. The van der Waals surface area contributed by atoms with Gasteiger partial charge in [-0.1, -0.05) is 13.8 Å². The summed E-state index contributed by atoms with van der Waals surface area (Å²) in [5, 5.41) is 3.06. The molecule has 1 N–H and O–H groups in total. The van der Waals surface area contributed by atoms with Crippen molar-refractivity contribution < 1.29 is 4.79 Å². The van der Waals surface area contributed by atoms with Crippen LogP contribution in [0.15, 0.2) is 0 Å². The molecular formula is C12H26N2O. The highest BCUT2D eigenvalue weighted by molar-refractivity contribution is 5.76. The summed E-state index contributed by atoms with van der Waals surface area (Å²) < 4.78 is 0. The number of hydrogen-bond acceptors (Lipinski definition) is 2. The van der Waals surface area contributed by atoms with Crippen LogP contribution in [0.4, 0.5) is 0 Å². The Labute approximate surface area is 94.2 Å². The minimum atomic E-state index is 0.286. The molecule has 0 atom stereocenters. The standard InChI is InChI=1S/C12H26N2O/c1-10(2)9-14(11(3)4)12(15)7-6-8-13-5/h10-11,13H,6-9H2,1-5H3. The first-order valence-electron chi connectivity index (χ1n) is 5.93. The molecule has 0 aliphatic carbocycles. The summed E-state index contributed by atoms with van der Waals surface area (Å²) in [6, 6.07) is 0.314. The van der Waals surface area contributed by atoms with E-state index in [0.29, 0.717) is 18.4 Å². The van der Waals surface area contributed by atoms with Gasteiger partial charge < -0.3 is 10.2 Å². The molecule has 0 saturated carbocycles. The van der Waals surface area contributed by atoms with Crippen LogP contribution in [0.3, 0.4) is 0 Å². The Morgan fingerprint density at radius 1 is 1.27 bits per heavy atom. The monoisotopic (exact) mass is 214 g/mol. The molecule has 0 aromatic heterocycles. The highest BCUT2D eigenvalue weighted by Crippen LogP contribution is 2.07. The number of carbonyl (C=O) groups is 1. The number of hydrogen-bond donors (Lipinski definition) is 1. The lowest BCUT2D eigenvalue weighted by molar-refractivity contribution is -0.133. The van der Waals surface area contributed by atoms with Gasteiger partial charge >= 0.3 is 0 Å². The van der Waals surface area contributed by atoms with E-state index in [1.807, 2.05) is 11.9 Å². The van der Waals surface area contributed by atoms with E-state index in [-0.39, 0.29) is 5.91 Å². The zero-order valence-electron chi connectivity index (χ0n) is 10.8. The second-order valence-corrected chi connectivity index (χ2v) is 4.74. The lowest BCUT2D eigenvalue weighted by Crippen LogP contribution is -2.39. The van der Waals surface area contributed by atoms with Gasteiger partial charge in [-0.25, -0.2) is 0 Å². The number of rotatable bonds is 7. The summed E-state index contributed by atoms with van der Waals surface area (Å²) in [5.41, 5.74) is 0. The zero-order valence-corrected chi connectivity index (χ0v) is 10.8. The molecule has 3 nitrogen and oxygen atoms in total. The number of carbonyl (C=O) groups excluding carboxylic acids is 1. The van der Waals surface area contributed by atoms with Gasteiger partial charge in [0.1, 0.15) is 0 Å². The Morgan fingerprint density at radius 3 is 2.27 bits per heavy atom. The topological polar surface area (TPSA) is 32.3 Å². The van der Waals surface area contributed by atoms with E-state index < -0.39 is 0 Å².